The van der Waals surface area contributed by atoms with E-state index >= 15 is 0 Å². The Morgan fingerprint density at radius 1 is 1.50 bits per heavy atom. The van der Waals surface area contributed by atoms with Crippen molar-refractivity contribution in [2.45, 2.75) is 44.5 Å². The fourth-order valence-corrected chi connectivity index (χ4v) is 2.38. The average Bonchev–Trinajstić information content (AvgIpc) is 3.06. The van der Waals surface area contributed by atoms with Crippen LogP contribution >= 0.6 is 0 Å². The predicted octanol–water partition coefficient (Wildman–Crippen LogP) is -0.0621. The summed E-state index contributed by atoms with van der Waals surface area (Å²) < 4.78 is 31.1. The smallest absolute Gasteiger partial charge is 0.223 e. The maximum atomic E-state index is 11.9. The average molecular weight is 274 g/mol. The molecule has 1 aromatic heterocycles. The van der Waals surface area contributed by atoms with E-state index in [0.29, 0.717) is 24.3 Å². The Morgan fingerprint density at radius 3 is 2.78 bits per heavy atom. The summed E-state index contributed by atoms with van der Waals surface area (Å²) in [6.07, 6.45) is 2.28. The standard InChI is InChI=1S/C10H18N4O3S/c1-7(5-11-9-3-4-9)18(15,16)12-6-10-13-8(2)17-14-10/h7,9,11-12H,3-6H2,1-2H3. The Labute approximate surface area is 106 Å². The third-order valence-electron chi connectivity index (χ3n) is 2.80. The Hall–Kier alpha value is -0.990. The van der Waals surface area contributed by atoms with Crippen LogP contribution in [0.15, 0.2) is 4.52 Å². The third-order valence-corrected chi connectivity index (χ3v) is 4.57. The van der Waals surface area contributed by atoms with Crippen LogP contribution in [0.2, 0.25) is 0 Å². The number of aromatic nitrogens is 2. The van der Waals surface area contributed by atoms with Crippen LogP contribution in [0.25, 0.3) is 0 Å². The van der Waals surface area contributed by atoms with Gasteiger partial charge >= 0.3 is 0 Å². The fourth-order valence-electron chi connectivity index (χ4n) is 1.45. The van der Waals surface area contributed by atoms with Crippen LogP contribution in [-0.2, 0) is 16.6 Å². The second-order valence-corrected chi connectivity index (χ2v) is 6.77. The molecule has 2 N–H and O–H groups in total. The second kappa shape index (κ2) is 5.33. The molecule has 1 saturated carbocycles. The first-order chi connectivity index (χ1) is 8.47. The van der Waals surface area contributed by atoms with Gasteiger partial charge in [0.05, 0.1) is 11.8 Å². The molecule has 1 fully saturated rings. The maximum Gasteiger partial charge on any atom is 0.223 e. The van der Waals surface area contributed by atoms with Crippen LogP contribution in [0.4, 0.5) is 0 Å². The molecule has 1 aliphatic rings. The molecule has 1 unspecified atom stereocenters. The first kappa shape index (κ1) is 13.4. The largest absolute Gasteiger partial charge is 0.340 e. The molecule has 0 amide bonds. The van der Waals surface area contributed by atoms with Crippen LogP contribution in [0.1, 0.15) is 31.5 Å². The molecule has 1 aliphatic carbocycles. The Balaban J connectivity index is 1.81. The van der Waals surface area contributed by atoms with Crippen LogP contribution < -0.4 is 10.0 Å². The van der Waals surface area contributed by atoms with E-state index in [0.717, 1.165) is 12.8 Å². The molecule has 0 bridgehead atoms. The number of aryl methyl sites for hydroxylation is 1. The molecular formula is C10H18N4O3S. The molecule has 0 aromatic carbocycles. The van der Waals surface area contributed by atoms with Crippen molar-refractivity contribution in [1.29, 1.82) is 0 Å². The number of nitrogens with one attached hydrogen (secondary N) is 2. The molecule has 0 saturated heterocycles. The first-order valence-corrected chi connectivity index (χ1v) is 7.53. The van der Waals surface area contributed by atoms with Gasteiger partial charge in [-0.2, -0.15) is 4.98 Å². The zero-order valence-electron chi connectivity index (χ0n) is 10.5. The quantitative estimate of drug-likeness (QED) is 0.723. The van der Waals surface area contributed by atoms with Crippen molar-refractivity contribution in [2.24, 2.45) is 0 Å². The summed E-state index contributed by atoms with van der Waals surface area (Å²) in [5.74, 6) is 0.770. The zero-order chi connectivity index (χ0) is 13.2. The van der Waals surface area contributed by atoms with Crippen molar-refractivity contribution in [2.75, 3.05) is 6.54 Å². The summed E-state index contributed by atoms with van der Waals surface area (Å²) in [6.45, 7) is 3.87. The molecule has 102 valence electrons. The second-order valence-electron chi connectivity index (χ2n) is 4.59. The summed E-state index contributed by atoms with van der Waals surface area (Å²) in [6, 6.07) is 0.502. The molecule has 1 heterocycles. The lowest BCUT2D eigenvalue weighted by Crippen LogP contribution is -2.39. The van der Waals surface area contributed by atoms with Gasteiger partial charge in [-0.25, -0.2) is 13.1 Å². The first-order valence-electron chi connectivity index (χ1n) is 5.98. The lowest BCUT2D eigenvalue weighted by Gasteiger charge is -2.13. The SMILES string of the molecule is Cc1nc(CNS(=O)(=O)C(C)CNC2CC2)no1. The molecule has 7 nitrogen and oxygen atoms in total. The van der Waals surface area contributed by atoms with Gasteiger partial charge in [0.25, 0.3) is 0 Å². The zero-order valence-corrected chi connectivity index (χ0v) is 11.3. The highest BCUT2D eigenvalue weighted by Crippen LogP contribution is 2.18. The van der Waals surface area contributed by atoms with Crippen molar-refractivity contribution >= 4 is 10.0 Å². The van der Waals surface area contributed by atoms with E-state index in [1.165, 1.54) is 0 Å². The van der Waals surface area contributed by atoms with Gasteiger partial charge in [-0.1, -0.05) is 5.16 Å². The van der Waals surface area contributed by atoms with Gasteiger partial charge < -0.3 is 9.84 Å². The van der Waals surface area contributed by atoms with E-state index in [1.807, 2.05) is 0 Å². The summed E-state index contributed by atoms with van der Waals surface area (Å²) in [4.78, 5) is 3.94. The van der Waals surface area contributed by atoms with Gasteiger partial charge in [-0.3, -0.25) is 0 Å². The highest BCUT2D eigenvalue weighted by Gasteiger charge is 2.25. The van der Waals surface area contributed by atoms with Crippen LogP contribution in [-0.4, -0.2) is 36.4 Å². The van der Waals surface area contributed by atoms with Gasteiger partial charge in [0.1, 0.15) is 0 Å². The number of hydrogen-bond acceptors (Lipinski definition) is 6. The van der Waals surface area contributed by atoms with Crippen molar-refractivity contribution in [3.8, 4) is 0 Å². The minimum Gasteiger partial charge on any atom is -0.340 e. The van der Waals surface area contributed by atoms with Gasteiger partial charge in [0.2, 0.25) is 15.9 Å². The van der Waals surface area contributed by atoms with Crippen molar-refractivity contribution < 1.29 is 12.9 Å². The number of rotatable bonds is 7. The van der Waals surface area contributed by atoms with E-state index in [2.05, 4.69) is 20.2 Å². The maximum absolute atomic E-state index is 11.9. The van der Waals surface area contributed by atoms with Gasteiger partial charge in [0, 0.05) is 19.5 Å². The van der Waals surface area contributed by atoms with E-state index in [4.69, 9.17) is 4.52 Å². The molecule has 0 spiro atoms. The van der Waals surface area contributed by atoms with Gasteiger partial charge in [-0.05, 0) is 19.8 Å². The molecule has 8 heteroatoms. The summed E-state index contributed by atoms with van der Waals surface area (Å²) >= 11 is 0. The molecule has 0 radical (unpaired) electrons. The topological polar surface area (TPSA) is 97.1 Å². The summed E-state index contributed by atoms with van der Waals surface area (Å²) in [5.41, 5.74) is 0. The summed E-state index contributed by atoms with van der Waals surface area (Å²) in [7, 11) is -3.35. The Bertz CT molecular complexity index is 495. The molecule has 1 atom stereocenters. The molecule has 1 aromatic rings. The number of hydrogen-bond donors (Lipinski definition) is 2. The number of nitrogens with zero attached hydrogens (tertiary/aromatic N) is 2. The van der Waals surface area contributed by atoms with Crippen LogP contribution in [0, 0.1) is 6.92 Å². The predicted molar refractivity (Wildman–Crippen MR) is 65.3 cm³/mol. The lowest BCUT2D eigenvalue weighted by atomic mass is 10.4. The Kier molecular flexibility index (Phi) is 3.98. The van der Waals surface area contributed by atoms with Gasteiger partial charge in [0.15, 0.2) is 5.82 Å². The highest BCUT2D eigenvalue weighted by molar-refractivity contribution is 7.90. The normalized spacial score (nSPS) is 17.9. The van der Waals surface area contributed by atoms with E-state index < -0.39 is 15.3 Å². The monoisotopic (exact) mass is 274 g/mol. The third kappa shape index (κ3) is 3.76. The van der Waals surface area contributed by atoms with E-state index in [9.17, 15) is 8.42 Å². The summed E-state index contributed by atoms with van der Waals surface area (Å²) in [5, 5.41) is 6.35. The van der Waals surface area contributed by atoms with Crippen molar-refractivity contribution in [3.63, 3.8) is 0 Å². The fraction of sp³-hybridized carbons (Fsp3) is 0.800. The molecule has 0 aliphatic heterocycles. The molecule has 18 heavy (non-hydrogen) atoms. The lowest BCUT2D eigenvalue weighted by molar-refractivity contribution is 0.387. The minimum absolute atomic E-state index is 0.0629. The van der Waals surface area contributed by atoms with Crippen LogP contribution in [0.3, 0.4) is 0 Å². The van der Waals surface area contributed by atoms with E-state index in [1.54, 1.807) is 13.8 Å². The van der Waals surface area contributed by atoms with Crippen molar-refractivity contribution in [1.82, 2.24) is 20.2 Å². The molecular weight excluding hydrogens is 256 g/mol. The van der Waals surface area contributed by atoms with Crippen LogP contribution in [0.5, 0.6) is 0 Å². The Morgan fingerprint density at radius 2 is 2.22 bits per heavy atom. The molecule has 2 rings (SSSR count). The minimum atomic E-state index is -3.35. The van der Waals surface area contributed by atoms with Crippen molar-refractivity contribution in [3.05, 3.63) is 11.7 Å². The van der Waals surface area contributed by atoms with Gasteiger partial charge in [-0.15, -0.1) is 0 Å². The highest BCUT2D eigenvalue weighted by atomic mass is 32.2. The number of sulfonamides is 1. The van der Waals surface area contributed by atoms with E-state index in [-0.39, 0.29) is 6.54 Å².